The van der Waals surface area contributed by atoms with Gasteiger partial charge in [0.1, 0.15) is 5.56 Å². The summed E-state index contributed by atoms with van der Waals surface area (Å²) in [4.78, 5) is 17.0. The Morgan fingerprint density at radius 1 is 1.15 bits per heavy atom. The maximum atomic E-state index is 11.8. The second-order valence-electron chi connectivity index (χ2n) is 4.26. The molecule has 3 aromatic rings. The van der Waals surface area contributed by atoms with E-state index in [2.05, 4.69) is 20.2 Å². The van der Waals surface area contributed by atoms with Gasteiger partial charge in [0, 0.05) is 11.8 Å². The Morgan fingerprint density at radius 3 is 2.55 bits per heavy atom. The molecule has 100 valence electrons. The number of aromatic amines is 2. The first-order valence-electron chi connectivity index (χ1n) is 5.86. The van der Waals surface area contributed by atoms with E-state index in [9.17, 15) is 4.79 Å². The van der Waals surface area contributed by atoms with Crippen molar-refractivity contribution in [2.75, 3.05) is 0 Å². The zero-order valence-electron chi connectivity index (χ0n) is 10.5. The first-order chi connectivity index (χ1) is 9.63. The molecule has 0 radical (unpaired) electrons. The molecule has 0 spiro atoms. The lowest BCUT2D eigenvalue weighted by atomic mass is 10.1. The molecule has 6 nitrogen and oxygen atoms in total. The summed E-state index contributed by atoms with van der Waals surface area (Å²) in [6.07, 6.45) is 1.45. The number of nitrogens with one attached hydrogen (secondary N) is 2. The summed E-state index contributed by atoms with van der Waals surface area (Å²) >= 11 is 4.83. The summed E-state index contributed by atoms with van der Waals surface area (Å²) in [6, 6.07) is 7.67. The molecule has 2 heterocycles. The van der Waals surface area contributed by atoms with Gasteiger partial charge in [-0.1, -0.05) is 17.7 Å². The monoisotopic (exact) mass is 286 g/mol. The van der Waals surface area contributed by atoms with Crippen LogP contribution in [0.15, 0.2) is 39.7 Å². The van der Waals surface area contributed by atoms with Gasteiger partial charge in [-0.15, -0.1) is 10.2 Å². The van der Waals surface area contributed by atoms with E-state index in [0.29, 0.717) is 5.89 Å². The van der Waals surface area contributed by atoms with E-state index in [-0.39, 0.29) is 21.8 Å². The number of aromatic nitrogens is 4. The van der Waals surface area contributed by atoms with Crippen LogP contribution in [-0.2, 0) is 0 Å². The Kier molecular flexibility index (Phi) is 3.03. The topological polar surface area (TPSA) is 87.6 Å². The van der Waals surface area contributed by atoms with E-state index in [0.717, 1.165) is 11.1 Å². The Bertz CT molecular complexity index is 861. The number of rotatable bonds is 2. The molecule has 0 saturated carbocycles. The van der Waals surface area contributed by atoms with Crippen molar-refractivity contribution in [3.8, 4) is 22.9 Å². The average molecular weight is 286 g/mol. The molecule has 20 heavy (non-hydrogen) atoms. The van der Waals surface area contributed by atoms with Gasteiger partial charge in [0.25, 0.3) is 11.4 Å². The molecule has 0 bridgehead atoms. The minimum atomic E-state index is -0.368. The highest BCUT2D eigenvalue weighted by Gasteiger charge is 2.13. The molecule has 3 rings (SSSR count). The van der Waals surface area contributed by atoms with Crippen LogP contribution < -0.4 is 5.56 Å². The van der Waals surface area contributed by atoms with Crippen LogP contribution in [0.25, 0.3) is 22.9 Å². The number of aryl methyl sites for hydroxylation is 1. The Morgan fingerprint density at radius 2 is 1.85 bits per heavy atom. The van der Waals surface area contributed by atoms with Crippen molar-refractivity contribution >= 4 is 12.2 Å². The fourth-order valence-corrected chi connectivity index (χ4v) is 1.87. The predicted molar refractivity (Wildman–Crippen MR) is 75.7 cm³/mol. The lowest BCUT2D eigenvalue weighted by molar-refractivity contribution is 0.583. The third-order valence-electron chi connectivity index (χ3n) is 2.77. The van der Waals surface area contributed by atoms with Crippen molar-refractivity contribution in [1.82, 2.24) is 20.2 Å². The molecule has 2 aromatic heterocycles. The van der Waals surface area contributed by atoms with E-state index >= 15 is 0 Å². The number of hydrogen-bond donors (Lipinski definition) is 2. The average Bonchev–Trinajstić information content (AvgIpc) is 2.89. The standard InChI is InChI=1S/C13H10N4O2S/c1-7-2-4-8(5-3-7)11-16-17-12(19-11)9-6-14-13(20)15-10(9)18/h2-6H,1H3,(H2,14,15,18,20). The fraction of sp³-hybridized carbons (Fsp3) is 0.0769. The van der Waals surface area contributed by atoms with Crippen molar-refractivity contribution < 1.29 is 4.42 Å². The number of H-pyrrole nitrogens is 2. The van der Waals surface area contributed by atoms with Gasteiger partial charge in [-0.05, 0) is 31.3 Å². The molecular weight excluding hydrogens is 276 g/mol. The van der Waals surface area contributed by atoms with Crippen molar-refractivity contribution in [2.24, 2.45) is 0 Å². The molecule has 0 amide bonds. The molecule has 0 aliphatic heterocycles. The van der Waals surface area contributed by atoms with Gasteiger partial charge in [-0.3, -0.25) is 9.78 Å². The van der Waals surface area contributed by atoms with Crippen LogP contribution in [0, 0.1) is 11.7 Å². The molecule has 0 aliphatic rings. The maximum Gasteiger partial charge on any atom is 0.264 e. The van der Waals surface area contributed by atoms with Gasteiger partial charge in [-0.25, -0.2) is 0 Å². The second kappa shape index (κ2) is 4.86. The third-order valence-corrected chi connectivity index (χ3v) is 2.99. The van der Waals surface area contributed by atoms with Crippen molar-refractivity contribution in [2.45, 2.75) is 6.92 Å². The summed E-state index contributed by atoms with van der Waals surface area (Å²) in [5.41, 5.74) is 1.83. The van der Waals surface area contributed by atoms with Gasteiger partial charge < -0.3 is 9.40 Å². The van der Waals surface area contributed by atoms with Gasteiger partial charge in [0.2, 0.25) is 5.89 Å². The minimum absolute atomic E-state index is 0.146. The predicted octanol–water partition coefficient (Wildman–Crippen LogP) is 2.46. The first kappa shape index (κ1) is 12.5. The lowest BCUT2D eigenvalue weighted by Crippen LogP contribution is -2.09. The Hall–Kier alpha value is -2.54. The van der Waals surface area contributed by atoms with Crippen molar-refractivity contribution in [3.05, 3.63) is 51.2 Å². The molecule has 2 N–H and O–H groups in total. The van der Waals surface area contributed by atoms with Crippen LogP contribution in [0.4, 0.5) is 0 Å². The fourth-order valence-electron chi connectivity index (χ4n) is 1.71. The van der Waals surface area contributed by atoms with Crippen molar-refractivity contribution in [3.63, 3.8) is 0 Å². The molecule has 0 aliphatic carbocycles. The molecule has 0 saturated heterocycles. The number of benzene rings is 1. The quantitative estimate of drug-likeness (QED) is 0.706. The lowest BCUT2D eigenvalue weighted by Gasteiger charge is -1.95. The number of nitrogens with zero attached hydrogens (tertiary/aromatic N) is 2. The van der Waals surface area contributed by atoms with Crippen LogP contribution in [0.3, 0.4) is 0 Å². The summed E-state index contributed by atoms with van der Waals surface area (Å²) < 4.78 is 5.77. The number of hydrogen-bond acceptors (Lipinski definition) is 5. The van der Waals surface area contributed by atoms with Gasteiger partial charge in [0.15, 0.2) is 4.77 Å². The Balaban J connectivity index is 2.04. The maximum absolute atomic E-state index is 11.8. The smallest absolute Gasteiger partial charge is 0.264 e. The third kappa shape index (κ3) is 2.30. The first-order valence-corrected chi connectivity index (χ1v) is 6.27. The van der Waals surface area contributed by atoms with Crippen LogP contribution in [0.5, 0.6) is 0 Å². The van der Waals surface area contributed by atoms with Crippen LogP contribution in [0.2, 0.25) is 0 Å². The highest BCUT2D eigenvalue weighted by atomic mass is 32.1. The summed E-state index contributed by atoms with van der Waals surface area (Å²) in [6.45, 7) is 1.99. The SMILES string of the molecule is Cc1ccc(-c2nnc(-c3c[nH]c(=S)[nH]c3=O)o2)cc1. The van der Waals surface area contributed by atoms with E-state index in [1.54, 1.807) is 0 Å². The molecular formula is C13H10N4O2S. The van der Waals surface area contributed by atoms with Gasteiger partial charge in [-0.2, -0.15) is 0 Å². The van der Waals surface area contributed by atoms with Crippen LogP contribution in [0.1, 0.15) is 5.56 Å². The van der Waals surface area contributed by atoms with E-state index in [1.807, 2.05) is 31.2 Å². The van der Waals surface area contributed by atoms with E-state index in [1.165, 1.54) is 6.20 Å². The van der Waals surface area contributed by atoms with Crippen LogP contribution in [-0.4, -0.2) is 20.2 Å². The van der Waals surface area contributed by atoms with Crippen LogP contribution >= 0.6 is 12.2 Å². The molecule has 0 atom stereocenters. The van der Waals surface area contributed by atoms with E-state index in [4.69, 9.17) is 16.6 Å². The van der Waals surface area contributed by atoms with Gasteiger partial charge in [0.05, 0.1) is 0 Å². The largest absolute Gasteiger partial charge is 0.416 e. The Labute approximate surface area is 118 Å². The summed E-state index contributed by atoms with van der Waals surface area (Å²) in [5, 5.41) is 7.83. The summed E-state index contributed by atoms with van der Waals surface area (Å²) in [7, 11) is 0. The minimum Gasteiger partial charge on any atom is -0.416 e. The molecule has 1 aromatic carbocycles. The highest BCUT2D eigenvalue weighted by molar-refractivity contribution is 7.71. The molecule has 7 heteroatoms. The molecule has 0 unspecified atom stereocenters. The van der Waals surface area contributed by atoms with Crippen molar-refractivity contribution in [1.29, 1.82) is 0 Å². The second-order valence-corrected chi connectivity index (χ2v) is 4.67. The molecule has 0 fully saturated rings. The van der Waals surface area contributed by atoms with Gasteiger partial charge >= 0.3 is 0 Å². The summed E-state index contributed by atoms with van der Waals surface area (Å²) in [5.74, 6) is 0.509. The van der Waals surface area contributed by atoms with E-state index < -0.39 is 0 Å². The highest BCUT2D eigenvalue weighted by Crippen LogP contribution is 2.21. The zero-order chi connectivity index (χ0) is 14.1. The zero-order valence-corrected chi connectivity index (χ0v) is 11.3. The normalized spacial score (nSPS) is 10.7.